The van der Waals surface area contributed by atoms with E-state index < -0.39 is 11.7 Å². The molecule has 2 aromatic heterocycles. The van der Waals surface area contributed by atoms with E-state index >= 15 is 0 Å². The molecule has 0 spiro atoms. The molecule has 0 aliphatic carbocycles. The molecule has 0 aromatic carbocycles. The molecule has 0 aliphatic heterocycles. The zero-order valence-electron chi connectivity index (χ0n) is 16.2. The van der Waals surface area contributed by atoms with Gasteiger partial charge < -0.3 is 25.3 Å². The lowest BCUT2D eigenvalue weighted by Gasteiger charge is -2.19. The van der Waals surface area contributed by atoms with Gasteiger partial charge in [0.1, 0.15) is 5.60 Å². The van der Waals surface area contributed by atoms with E-state index in [1.165, 1.54) is 13.3 Å². The second kappa shape index (κ2) is 12.4. The highest BCUT2D eigenvalue weighted by atomic mass is 16.6. The van der Waals surface area contributed by atoms with Crippen molar-refractivity contribution in [1.82, 2.24) is 25.3 Å². The third-order valence-electron chi connectivity index (χ3n) is 2.76. The van der Waals surface area contributed by atoms with Gasteiger partial charge in [-0.15, -0.1) is 0 Å². The number of carbonyl (C=O) groups excluding carboxylic acids is 1. The van der Waals surface area contributed by atoms with Gasteiger partial charge in [0, 0.05) is 12.7 Å². The van der Waals surface area contributed by atoms with Crippen LogP contribution in [0.2, 0.25) is 0 Å². The Kier molecular flexibility index (Phi) is 11.1. The fourth-order valence-corrected chi connectivity index (χ4v) is 1.63. The van der Waals surface area contributed by atoms with Crippen molar-refractivity contribution in [3.05, 3.63) is 36.2 Å². The summed E-state index contributed by atoms with van der Waals surface area (Å²) in [6, 6.07) is 0. The zero-order chi connectivity index (χ0) is 20.3. The van der Waals surface area contributed by atoms with Crippen LogP contribution in [0.4, 0.5) is 4.79 Å². The Labute approximate surface area is 165 Å². The lowest BCUT2D eigenvalue weighted by molar-refractivity contribution is 0.0522. The van der Waals surface area contributed by atoms with E-state index in [4.69, 9.17) is 19.9 Å². The van der Waals surface area contributed by atoms with Crippen molar-refractivity contribution >= 4 is 6.09 Å². The molecule has 0 unspecified atom stereocenters. The van der Waals surface area contributed by atoms with Crippen molar-refractivity contribution in [2.24, 2.45) is 5.73 Å². The summed E-state index contributed by atoms with van der Waals surface area (Å²) < 4.78 is 14.8. The second-order valence-electron chi connectivity index (χ2n) is 6.17. The summed E-state index contributed by atoms with van der Waals surface area (Å²) >= 11 is 0. The lowest BCUT2D eigenvalue weighted by Crippen LogP contribution is -2.32. The largest absolute Gasteiger partial charge is 0.480 e. The molecule has 2 aromatic rings. The number of rotatable bonds is 5. The average Bonchev–Trinajstić information content (AvgIpc) is 2.65. The first-order chi connectivity index (χ1) is 12.8. The van der Waals surface area contributed by atoms with Crippen molar-refractivity contribution in [2.75, 3.05) is 14.2 Å². The van der Waals surface area contributed by atoms with Gasteiger partial charge in [-0.2, -0.15) is 0 Å². The van der Waals surface area contributed by atoms with Crippen molar-refractivity contribution in [1.29, 1.82) is 0 Å². The Morgan fingerprint density at radius 2 is 1.50 bits per heavy atom. The smallest absolute Gasteiger partial charge is 0.407 e. The SMILES string of the molecule is C.COc1cncc(CN)n1.COc1cncc(CNC(=O)OC(C)(C)C)n1. The van der Waals surface area contributed by atoms with Crippen molar-refractivity contribution < 1.29 is 19.0 Å². The predicted octanol–water partition coefficient (Wildman–Crippen LogP) is 2.09. The second-order valence-corrected chi connectivity index (χ2v) is 6.17. The Balaban J connectivity index is 0.000000567. The molecule has 10 nitrogen and oxygen atoms in total. The summed E-state index contributed by atoms with van der Waals surface area (Å²) in [6.45, 7) is 6.05. The molecule has 0 fully saturated rings. The summed E-state index contributed by atoms with van der Waals surface area (Å²) in [4.78, 5) is 27.3. The molecule has 0 atom stereocenters. The molecule has 2 rings (SSSR count). The minimum absolute atomic E-state index is 0. The van der Waals surface area contributed by atoms with Gasteiger partial charge >= 0.3 is 6.09 Å². The maximum Gasteiger partial charge on any atom is 0.407 e. The Bertz CT molecular complexity index is 702. The van der Waals surface area contributed by atoms with Crippen LogP contribution in [0, 0.1) is 0 Å². The number of nitrogens with zero attached hydrogens (tertiary/aromatic N) is 4. The first-order valence-corrected chi connectivity index (χ1v) is 8.14. The molecule has 0 bridgehead atoms. The van der Waals surface area contributed by atoms with Crippen LogP contribution in [0.3, 0.4) is 0 Å². The minimum atomic E-state index is -0.510. The topological polar surface area (TPSA) is 134 Å². The van der Waals surface area contributed by atoms with Crippen LogP contribution in [0.25, 0.3) is 0 Å². The summed E-state index contributed by atoms with van der Waals surface area (Å²) in [5, 5.41) is 2.59. The quantitative estimate of drug-likeness (QED) is 0.781. The van der Waals surface area contributed by atoms with E-state index in [9.17, 15) is 4.79 Å². The van der Waals surface area contributed by atoms with E-state index in [0.29, 0.717) is 24.0 Å². The molecular weight excluding hydrogens is 364 g/mol. The van der Waals surface area contributed by atoms with Gasteiger partial charge in [0.15, 0.2) is 0 Å². The number of alkyl carbamates (subject to hydrolysis) is 1. The van der Waals surface area contributed by atoms with E-state index in [0.717, 1.165) is 5.69 Å². The third-order valence-corrected chi connectivity index (χ3v) is 2.76. The number of nitrogens with one attached hydrogen (secondary N) is 1. The van der Waals surface area contributed by atoms with Crippen molar-refractivity contribution in [2.45, 2.75) is 46.9 Å². The molecule has 0 aliphatic rings. The van der Waals surface area contributed by atoms with Crippen LogP contribution in [0.1, 0.15) is 39.6 Å². The minimum Gasteiger partial charge on any atom is -0.480 e. The van der Waals surface area contributed by atoms with Gasteiger partial charge in [-0.1, -0.05) is 7.43 Å². The number of hydrogen-bond acceptors (Lipinski definition) is 9. The number of hydrogen-bond donors (Lipinski definition) is 2. The monoisotopic (exact) mass is 394 g/mol. The molecule has 0 saturated heterocycles. The van der Waals surface area contributed by atoms with Gasteiger partial charge in [0.25, 0.3) is 0 Å². The van der Waals surface area contributed by atoms with Gasteiger partial charge in [-0.05, 0) is 20.8 Å². The summed E-state index contributed by atoms with van der Waals surface area (Å²) in [5.74, 6) is 0.913. The molecule has 3 N–H and O–H groups in total. The highest BCUT2D eigenvalue weighted by Crippen LogP contribution is 2.07. The van der Waals surface area contributed by atoms with Crippen LogP contribution < -0.4 is 20.5 Å². The number of aromatic nitrogens is 4. The number of amides is 1. The zero-order valence-corrected chi connectivity index (χ0v) is 16.2. The Morgan fingerprint density at radius 1 is 1.00 bits per heavy atom. The maximum atomic E-state index is 11.4. The predicted molar refractivity (Wildman–Crippen MR) is 105 cm³/mol. The summed E-state index contributed by atoms with van der Waals surface area (Å²) in [5.41, 5.74) is 6.15. The molecule has 0 saturated carbocycles. The summed E-state index contributed by atoms with van der Waals surface area (Å²) in [7, 11) is 3.05. The molecule has 156 valence electrons. The van der Waals surface area contributed by atoms with E-state index in [-0.39, 0.29) is 14.0 Å². The molecule has 2 heterocycles. The fourth-order valence-electron chi connectivity index (χ4n) is 1.63. The molecule has 1 amide bonds. The Morgan fingerprint density at radius 3 is 1.96 bits per heavy atom. The van der Waals surface area contributed by atoms with Crippen LogP contribution in [-0.4, -0.2) is 45.8 Å². The highest BCUT2D eigenvalue weighted by molar-refractivity contribution is 5.67. The molecule has 10 heteroatoms. The first-order valence-electron chi connectivity index (χ1n) is 8.14. The molecule has 0 radical (unpaired) electrons. The number of carbonyl (C=O) groups is 1. The normalized spacial score (nSPS) is 9.93. The fraction of sp³-hybridized carbons (Fsp3) is 0.500. The van der Waals surface area contributed by atoms with Gasteiger partial charge in [0.05, 0.1) is 50.7 Å². The molecular formula is C18H30N6O4. The first kappa shape index (κ1) is 25.0. The highest BCUT2D eigenvalue weighted by Gasteiger charge is 2.15. The van der Waals surface area contributed by atoms with Gasteiger partial charge in [-0.25, -0.2) is 14.8 Å². The van der Waals surface area contributed by atoms with Crippen LogP contribution in [0.5, 0.6) is 11.8 Å². The average molecular weight is 394 g/mol. The van der Waals surface area contributed by atoms with Crippen molar-refractivity contribution in [3.8, 4) is 11.8 Å². The maximum absolute atomic E-state index is 11.4. The van der Waals surface area contributed by atoms with Crippen LogP contribution in [0.15, 0.2) is 24.8 Å². The Hall–Kier alpha value is -3.01. The van der Waals surface area contributed by atoms with E-state index in [1.54, 1.807) is 46.5 Å². The summed E-state index contributed by atoms with van der Waals surface area (Å²) in [6.07, 6.45) is 5.72. The number of ether oxygens (including phenoxy) is 3. The van der Waals surface area contributed by atoms with E-state index in [1.807, 2.05) is 0 Å². The van der Waals surface area contributed by atoms with Gasteiger partial charge in [0.2, 0.25) is 11.8 Å². The third kappa shape index (κ3) is 10.2. The lowest BCUT2D eigenvalue weighted by atomic mass is 10.2. The number of nitrogens with two attached hydrogens (primary N) is 1. The van der Waals surface area contributed by atoms with Gasteiger partial charge in [-0.3, -0.25) is 9.97 Å². The van der Waals surface area contributed by atoms with E-state index in [2.05, 4.69) is 25.3 Å². The van der Waals surface area contributed by atoms with Crippen molar-refractivity contribution in [3.63, 3.8) is 0 Å². The number of methoxy groups -OCH3 is 2. The van der Waals surface area contributed by atoms with Crippen LogP contribution >= 0.6 is 0 Å². The molecule has 28 heavy (non-hydrogen) atoms. The van der Waals surface area contributed by atoms with Crippen LogP contribution in [-0.2, 0) is 17.8 Å². The standard InChI is InChI=1S/C11H17N3O3.C6H9N3O.CH4/c1-11(2,3)17-10(15)13-6-8-5-12-7-9(14-8)16-4;1-10-6-4-8-3-5(2-7)9-6;/h5,7H,6H2,1-4H3,(H,13,15);3-4H,2,7H2,1H3;1H4.